The second-order valence-corrected chi connectivity index (χ2v) is 5.95. The summed E-state index contributed by atoms with van der Waals surface area (Å²) >= 11 is 0. The molecule has 4 nitrogen and oxygen atoms in total. The van der Waals surface area contributed by atoms with Gasteiger partial charge in [0.2, 0.25) is 0 Å². The lowest BCUT2D eigenvalue weighted by Gasteiger charge is -2.15. The number of halogens is 2. The summed E-state index contributed by atoms with van der Waals surface area (Å²) < 4.78 is 14.0. The average molecular weight is 456 g/mol. The van der Waals surface area contributed by atoms with E-state index in [1.165, 1.54) is 11.1 Å². The van der Waals surface area contributed by atoms with Crippen LogP contribution < -0.4 is 15.5 Å². The Bertz CT molecular complexity index is 699. The predicted octanol–water partition coefficient (Wildman–Crippen LogP) is 3.68. The zero-order valence-corrected chi connectivity index (χ0v) is 17.5. The van der Waals surface area contributed by atoms with Crippen molar-refractivity contribution < 1.29 is 4.39 Å². The SMILES string of the molecule is CN=C(NCc1ccc(C)cc1)NCc1ccc(N(C)C)c(F)c1.I. The van der Waals surface area contributed by atoms with Gasteiger partial charge in [0.15, 0.2) is 5.96 Å². The molecule has 0 aliphatic carbocycles. The van der Waals surface area contributed by atoms with Crippen LogP contribution in [-0.2, 0) is 13.1 Å². The highest BCUT2D eigenvalue weighted by Gasteiger charge is 2.06. The fourth-order valence-electron chi connectivity index (χ4n) is 2.32. The molecule has 2 N–H and O–H groups in total. The molecule has 0 saturated heterocycles. The van der Waals surface area contributed by atoms with Crippen molar-refractivity contribution in [2.75, 3.05) is 26.0 Å². The maximum Gasteiger partial charge on any atom is 0.191 e. The zero-order valence-electron chi connectivity index (χ0n) is 15.1. The van der Waals surface area contributed by atoms with Crippen molar-refractivity contribution in [1.82, 2.24) is 10.6 Å². The first-order valence-electron chi connectivity index (χ1n) is 7.95. The molecule has 0 atom stereocenters. The van der Waals surface area contributed by atoms with Crippen molar-refractivity contribution in [3.8, 4) is 0 Å². The molecule has 0 unspecified atom stereocenters. The molecule has 0 aliphatic rings. The van der Waals surface area contributed by atoms with E-state index in [2.05, 4.69) is 46.8 Å². The van der Waals surface area contributed by atoms with Crippen molar-refractivity contribution in [1.29, 1.82) is 0 Å². The van der Waals surface area contributed by atoms with E-state index >= 15 is 0 Å². The minimum Gasteiger partial charge on any atom is -0.375 e. The average Bonchev–Trinajstić information content (AvgIpc) is 2.56. The predicted molar refractivity (Wildman–Crippen MR) is 114 cm³/mol. The van der Waals surface area contributed by atoms with E-state index in [0.717, 1.165) is 5.56 Å². The standard InChI is InChI=1S/C19H25FN4.HI/c1-14-5-7-15(8-6-14)12-22-19(21-2)23-13-16-9-10-18(24(3)4)17(20)11-16;/h5-11H,12-13H2,1-4H3,(H2,21,22,23);1H. The minimum absolute atomic E-state index is 0. The van der Waals surface area contributed by atoms with E-state index in [1.807, 2.05) is 20.2 Å². The van der Waals surface area contributed by atoms with Crippen LogP contribution in [0.5, 0.6) is 0 Å². The Balaban J connectivity index is 0.00000312. The van der Waals surface area contributed by atoms with Gasteiger partial charge in [0.25, 0.3) is 0 Å². The zero-order chi connectivity index (χ0) is 17.5. The molecule has 0 amide bonds. The summed E-state index contributed by atoms with van der Waals surface area (Å²) in [6.45, 7) is 3.27. The van der Waals surface area contributed by atoms with Gasteiger partial charge in [-0.05, 0) is 30.2 Å². The maximum absolute atomic E-state index is 14.0. The maximum atomic E-state index is 14.0. The summed E-state index contributed by atoms with van der Waals surface area (Å²) in [5.74, 6) is 0.467. The van der Waals surface area contributed by atoms with Crippen molar-refractivity contribution >= 4 is 35.6 Å². The number of aryl methyl sites for hydroxylation is 1. The number of benzene rings is 2. The van der Waals surface area contributed by atoms with Crippen LogP contribution in [0.4, 0.5) is 10.1 Å². The van der Waals surface area contributed by atoms with E-state index < -0.39 is 0 Å². The van der Waals surface area contributed by atoms with Gasteiger partial charge in [0, 0.05) is 34.2 Å². The molecular weight excluding hydrogens is 430 g/mol. The molecular formula is C19H26FIN4. The summed E-state index contributed by atoms with van der Waals surface area (Å²) in [5.41, 5.74) is 3.88. The van der Waals surface area contributed by atoms with E-state index in [0.29, 0.717) is 24.7 Å². The number of nitrogens with one attached hydrogen (secondary N) is 2. The summed E-state index contributed by atoms with van der Waals surface area (Å²) in [6, 6.07) is 13.6. The highest BCUT2D eigenvalue weighted by atomic mass is 127. The van der Waals surface area contributed by atoms with Crippen molar-refractivity contribution in [3.05, 3.63) is 65.0 Å². The first-order valence-corrected chi connectivity index (χ1v) is 7.95. The van der Waals surface area contributed by atoms with Gasteiger partial charge in [-0.1, -0.05) is 35.9 Å². The fourth-order valence-corrected chi connectivity index (χ4v) is 2.32. The molecule has 2 aromatic rings. The first-order chi connectivity index (χ1) is 11.5. The second-order valence-electron chi connectivity index (χ2n) is 5.95. The van der Waals surface area contributed by atoms with E-state index in [4.69, 9.17) is 0 Å². The lowest BCUT2D eigenvalue weighted by Crippen LogP contribution is -2.36. The molecule has 6 heteroatoms. The highest BCUT2D eigenvalue weighted by molar-refractivity contribution is 14.0. The first kappa shape index (κ1) is 21.2. The van der Waals surface area contributed by atoms with E-state index in [9.17, 15) is 4.39 Å². The Hall–Kier alpha value is -1.83. The Labute approximate surface area is 166 Å². The smallest absolute Gasteiger partial charge is 0.191 e. The third-order valence-corrected chi connectivity index (χ3v) is 3.76. The Morgan fingerprint density at radius 2 is 1.56 bits per heavy atom. The molecule has 136 valence electrons. The molecule has 0 fully saturated rings. The lowest BCUT2D eigenvalue weighted by atomic mass is 10.1. The number of aliphatic imine (C=N–C) groups is 1. The van der Waals surface area contributed by atoms with Crippen molar-refractivity contribution in [3.63, 3.8) is 0 Å². The van der Waals surface area contributed by atoms with Gasteiger partial charge in [-0.2, -0.15) is 0 Å². The van der Waals surface area contributed by atoms with Crippen molar-refractivity contribution in [2.24, 2.45) is 4.99 Å². The van der Waals surface area contributed by atoms with Crippen LogP contribution in [0.15, 0.2) is 47.5 Å². The lowest BCUT2D eigenvalue weighted by molar-refractivity contribution is 0.623. The topological polar surface area (TPSA) is 39.7 Å². The third kappa shape index (κ3) is 6.53. The second kappa shape index (κ2) is 10.2. The van der Waals surface area contributed by atoms with Gasteiger partial charge >= 0.3 is 0 Å². The van der Waals surface area contributed by atoms with E-state index in [1.54, 1.807) is 24.1 Å². The highest BCUT2D eigenvalue weighted by Crippen LogP contribution is 2.18. The van der Waals surface area contributed by atoms with Crippen LogP contribution >= 0.6 is 24.0 Å². The number of hydrogen-bond acceptors (Lipinski definition) is 2. The van der Waals surface area contributed by atoms with Crippen LogP contribution in [0.25, 0.3) is 0 Å². The number of anilines is 1. The van der Waals surface area contributed by atoms with Gasteiger partial charge in [0.1, 0.15) is 5.82 Å². The molecule has 0 saturated carbocycles. The van der Waals surface area contributed by atoms with Crippen LogP contribution in [0.3, 0.4) is 0 Å². The van der Waals surface area contributed by atoms with Gasteiger partial charge in [-0.3, -0.25) is 4.99 Å². The largest absolute Gasteiger partial charge is 0.375 e. The Morgan fingerprint density at radius 3 is 2.08 bits per heavy atom. The molecule has 0 heterocycles. The van der Waals surface area contributed by atoms with Gasteiger partial charge < -0.3 is 15.5 Å². The van der Waals surface area contributed by atoms with Gasteiger partial charge in [-0.15, -0.1) is 24.0 Å². The fraction of sp³-hybridized carbons (Fsp3) is 0.316. The quantitative estimate of drug-likeness (QED) is 0.410. The number of guanidine groups is 1. The summed E-state index contributed by atoms with van der Waals surface area (Å²) in [6.07, 6.45) is 0. The monoisotopic (exact) mass is 456 g/mol. The molecule has 0 aromatic heterocycles. The molecule has 25 heavy (non-hydrogen) atoms. The van der Waals surface area contributed by atoms with Gasteiger partial charge in [-0.25, -0.2) is 4.39 Å². The van der Waals surface area contributed by atoms with E-state index in [-0.39, 0.29) is 29.8 Å². The molecule has 0 radical (unpaired) electrons. The van der Waals surface area contributed by atoms with Crippen LogP contribution in [0.1, 0.15) is 16.7 Å². The normalized spacial score (nSPS) is 10.8. The third-order valence-electron chi connectivity index (χ3n) is 3.76. The van der Waals surface area contributed by atoms with Crippen LogP contribution in [0.2, 0.25) is 0 Å². The Morgan fingerprint density at radius 1 is 1.00 bits per heavy atom. The number of hydrogen-bond donors (Lipinski definition) is 2. The van der Waals surface area contributed by atoms with Gasteiger partial charge in [0.05, 0.1) is 5.69 Å². The van der Waals surface area contributed by atoms with Crippen molar-refractivity contribution in [2.45, 2.75) is 20.0 Å². The molecule has 2 rings (SSSR count). The van der Waals surface area contributed by atoms with Crippen LogP contribution in [0, 0.1) is 12.7 Å². The molecule has 0 spiro atoms. The molecule has 2 aromatic carbocycles. The molecule has 0 aliphatic heterocycles. The summed E-state index contributed by atoms with van der Waals surface area (Å²) in [5, 5.41) is 6.46. The Kier molecular flexibility index (Phi) is 8.68. The minimum atomic E-state index is -0.220. The van der Waals surface area contributed by atoms with Crippen LogP contribution in [-0.4, -0.2) is 27.1 Å². The number of nitrogens with zero attached hydrogens (tertiary/aromatic N) is 2. The molecule has 0 bridgehead atoms. The summed E-state index contributed by atoms with van der Waals surface area (Å²) in [7, 11) is 5.38. The summed E-state index contributed by atoms with van der Waals surface area (Å²) in [4.78, 5) is 5.95. The number of rotatable bonds is 5.